The smallest absolute Gasteiger partial charge is 0.130 e. The normalized spacial score (nSPS) is 19.7. The Bertz CT molecular complexity index is 239. The van der Waals surface area contributed by atoms with E-state index in [1.54, 1.807) is 0 Å². The topological polar surface area (TPSA) is 12.5 Å². The van der Waals surface area contributed by atoms with E-state index in [1.165, 1.54) is 31.3 Å². The first-order valence-corrected chi connectivity index (χ1v) is 6.97. The highest BCUT2D eigenvalue weighted by atomic mass is 16.5. The maximum atomic E-state index is 5.86. The van der Waals surface area contributed by atoms with Gasteiger partial charge in [0.25, 0.3) is 0 Å². The van der Waals surface area contributed by atoms with Crippen LogP contribution in [0, 0.1) is 0 Å². The minimum Gasteiger partial charge on any atom is -0.355 e. The number of allylic oxidation sites excluding steroid dienone is 1. The fourth-order valence-corrected chi connectivity index (χ4v) is 2.10. The molecule has 1 rings (SSSR count). The summed E-state index contributed by atoms with van der Waals surface area (Å²) >= 11 is 0. The van der Waals surface area contributed by atoms with Crippen LogP contribution in [0.5, 0.6) is 0 Å². The van der Waals surface area contributed by atoms with Crippen molar-refractivity contribution >= 4 is 0 Å². The molecule has 98 valence electrons. The predicted octanol–water partition coefficient (Wildman–Crippen LogP) is 3.75. The molecule has 1 aliphatic heterocycles. The second-order valence-corrected chi connectivity index (χ2v) is 4.76. The number of unbranched alkanes of at least 4 members (excludes halogenated alkanes) is 2. The second-order valence-electron chi connectivity index (χ2n) is 4.76. The Balaban J connectivity index is 2.47. The molecule has 1 unspecified atom stereocenters. The van der Waals surface area contributed by atoms with E-state index in [4.69, 9.17) is 4.74 Å². The van der Waals surface area contributed by atoms with Gasteiger partial charge in [-0.05, 0) is 30.9 Å². The zero-order chi connectivity index (χ0) is 12.5. The molecule has 1 atom stereocenters. The van der Waals surface area contributed by atoms with Crippen molar-refractivity contribution in [1.82, 2.24) is 4.90 Å². The van der Waals surface area contributed by atoms with Crippen molar-refractivity contribution < 1.29 is 4.74 Å². The number of hydrogen-bond donors (Lipinski definition) is 0. The number of nitrogens with zero attached hydrogens (tertiary/aromatic N) is 1. The molecule has 0 saturated carbocycles. The molecule has 1 heterocycles. The molecule has 0 aromatic carbocycles. The fourth-order valence-electron chi connectivity index (χ4n) is 2.10. The van der Waals surface area contributed by atoms with Crippen molar-refractivity contribution in [3.8, 4) is 0 Å². The van der Waals surface area contributed by atoms with E-state index in [0.717, 1.165) is 26.1 Å². The first-order chi connectivity index (χ1) is 8.31. The van der Waals surface area contributed by atoms with Gasteiger partial charge >= 0.3 is 0 Å². The molecule has 0 saturated heterocycles. The quantitative estimate of drug-likeness (QED) is 0.566. The van der Waals surface area contributed by atoms with Gasteiger partial charge in [-0.1, -0.05) is 32.8 Å². The van der Waals surface area contributed by atoms with E-state index in [9.17, 15) is 0 Å². The highest BCUT2D eigenvalue weighted by Gasteiger charge is 2.21. The number of ether oxygens (including phenoxy) is 1. The van der Waals surface area contributed by atoms with Crippen LogP contribution in [0.15, 0.2) is 24.3 Å². The van der Waals surface area contributed by atoms with E-state index < -0.39 is 0 Å². The lowest BCUT2D eigenvalue weighted by Gasteiger charge is -2.26. The minimum absolute atomic E-state index is 0.211. The van der Waals surface area contributed by atoms with Gasteiger partial charge in [0.05, 0.1) is 6.61 Å². The number of rotatable bonds is 9. The van der Waals surface area contributed by atoms with E-state index in [2.05, 4.69) is 31.4 Å². The standard InChI is InChI=1S/C15H27NO/c1-4-7-10-16(11-8-5-2)15-12-14(9-6-3)13-17-15/h6,12,15H,3-5,7-11,13H2,1-2H3. The third-order valence-electron chi connectivity index (χ3n) is 3.18. The van der Waals surface area contributed by atoms with Gasteiger partial charge < -0.3 is 4.74 Å². The van der Waals surface area contributed by atoms with Gasteiger partial charge in [0.15, 0.2) is 0 Å². The van der Waals surface area contributed by atoms with Crippen molar-refractivity contribution in [2.45, 2.75) is 52.2 Å². The van der Waals surface area contributed by atoms with Crippen LogP contribution in [0.3, 0.4) is 0 Å². The Labute approximate surface area is 106 Å². The molecule has 0 N–H and O–H groups in total. The Hall–Kier alpha value is -0.600. The lowest BCUT2D eigenvalue weighted by Crippen LogP contribution is -2.35. The molecule has 2 nitrogen and oxygen atoms in total. The third kappa shape index (κ3) is 5.05. The van der Waals surface area contributed by atoms with Crippen molar-refractivity contribution in [3.63, 3.8) is 0 Å². The zero-order valence-corrected chi connectivity index (χ0v) is 11.5. The van der Waals surface area contributed by atoms with Crippen LogP contribution in [0.4, 0.5) is 0 Å². The van der Waals surface area contributed by atoms with Crippen LogP contribution in [0.2, 0.25) is 0 Å². The summed E-state index contributed by atoms with van der Waals surface area (Å²) < 4.78 is 5.86. The van der Waals surface area contributed by atoms with Crippen LogP contribution in [0.1, 0.15) is 46.0 Å². The Kier molecular flexibility index (Phi) is 7.22. The summed E-state index contributed by atoms with van der Waals surface area (Å²) in [6.45, 7) is 11.4. The summed E-state index contributed by atoms with van der Waals surface area (Å²) in [4.78, 5) is 2.48. The number of hydrogen-bond acceptors (Lipinski definition) is 2. The van der Waals surface area contributed by atoms with Gasteiger partial charge in [-0.3, -0.25) is 4.90 Å². The van der Waals surface area contributed by atoms with Crippen molar-refractivity contribution in [2.75, 3.05) is 19.7 Å². The fraction of sp³-hybridized carbons (Fsp3) is 0.733. The molecule has 0 aromatic rings. The third-order valence-corrected chi connectivity index (χ3v) is 3.18. The van der Waals surface area contributed by atoms with Gasteiger partial charge in [0.2, 0.25) is 0 Å². The maximum absolute atomic E-state index is 5.86. The molecule has 0 bridgehead atoms. The highest BCUT2D eigenvalue weighted by Crippen LogP contribution is 2.19. The van der Waals surface area contributed by atoms with Gasteiger partial charge in [0, 0.05) is 13.1 Å². The predicted molar refractivity (Wildman–Crippen MR) is 74.0 cm³/mol. The van der Waals surface area contributed by atoms with Crippen LogP contribution >= 0.6 is 0 Å². The average Bonchev–Trinajstić information content (AvgIpc) is 2.78. The van der Waals surface area contributed by atoms with Crippen LogP contribution < -0.4 is 0 Å². The maximum Gasteiger partial charge on any atom is 0.130 e. The molecular weight excluding hydrogens is 210 g/mol. The first kappa shape index (κ1) is 14.5. The van der Waals surface area contributed by atoms with Crippen LogP contribution in [-0.2, 0) is 4.74 Å². The molecule has 1 aliphatic rings. The molecule has 17 heavy (non-hydrogen) atoms. The summed E-state index contributed by atoms with van der Waals surface area (Å²) in [5.74, 6) is 0. The second kappa shape index (κ2) is 8.48. The average molecular weight is 237 g/mol. The van der Waals surface area contributed by atoms with Gasteiger partial charge in [0.1, 0.15) is 6.23 Å². The molecule has 0 spiro atoms. The summed E-state index contributed by atoms with van der Waals surface area (Å²) in [6.07, 6.45) is 10.4. The summed E-state index contributed by atoms with van der Waals surface area (Å²) in [5, 5.41) is 0. The molecular formula is C15H27NO. The first-order valence-electron chi connectivity index (χ1n) is 6.97. The molecule has 0 aromatic heterocycles. The van der Waals surface area contributed by atoms with Crippen molar-refractivity contribution in [1.29, 1.82) is 0 Å². The molecule has 0 aliphatic carbocycles. The SMILES string of the molecule is C=CCC1=CC(N(CCCC)CCCC)OC1. The zero-order valence-electron chi connectivity index (χ0n) is 11.5. The monoisotopic (exact) mass is 237 g/mol. The van der Waals surface area contributed by atoms with Crippen molar-refractivity contribution in [3.05, 3.63) is 24.3 Å². The highest BCUT2D eigenvalue weighted by molar-refractivity contribution is 5.13. The minimum atomic E-state index is 0.211. The summed E-state index contributed by atoms with van der Waals surface area (Å²) in [5.41, 5.74) is 1.38. The lowest BCUT2D eigenvalue weighted by atomic mass is 10.2. The van der Waals surface area contributed by atoms with Gasteiger partial charge in [-0.25, -0.2) is 0 Å². The Morgan fingerprint density at radius 3 is 2.53 bits per heavy atom. The Morgan fingerprint density at radius 2 is 2.00 bits per heavy atom. The van der Waals surface area contributed by atoms with E-state index in [-0.39, 0.29) is 6.23 Å². The van der Waals surface area contributed by atoms with Crippen molar-refractivity contribution in [2.24, 2.45) is 0 Å². The van der Waals surface area contributed by atoms with E-state index in [0.29, 0.717) is 0 Å². The Morgan fingerprint density at radius 1 is 1.35 bits per heavy atom. The van der Waals surface area contributed by atoms with E-state index >= 15 is 0 Å². The lowest BCUT2D eigenvalue weighted by molar-refractivity contribution is -0.00406. The molecule has 2 heteroatoms. The summed E-state index contributed by atoms with van der Waals surface area (Å²) in [7, 11) is 0. The largest absolute Gasteiger partial charge is 0.355 e. The molecule has 0 radical (unpaired) electrons. The van der Waals surface area contributed by atoms with Crippen LogP contribution in [-0.4, -0.2) is 30.8 Å². The van der Waals surface area contributed by atoms with Gasteiger partial charge in [-0.2, -0.15) is 0 Å². The van der Waals surface area contributed by atoms with Gasteiger partial charge in [-0.15, -0.1) is 6.58 Å². The summed E-state index contributed by atoms with van der Waals surface area (Å²) in [6, 6.07) is 0. The van der Waals surface area contributed by atoms with E-state index in [1.807, 2.05) is 6.08 Å². The van der Waals surface area contributed by atoms with Crippen LogP contribution in [0.25, 0.3) is 0 Å². The molecule has 0 fully saturated rings. The molecule has 0 amide bonds.